The summed E-state index contributed by atoms with van der Waals surface area (Å²) in [6.45, 7) is 7.71. The summed E-state index contributed by atoms with van der Waals surface area (Å²) in [5, 5.41) is 26.1. The van der Waals surface area contributed by atoms with E-state index in [1.54, 1.807) is 68.6 Å². The Kier molecular flexibility index (Phi) is 14.9. The van der Waals surface area contributed by atoms with Gasteiger partial charge in [0.1, 0.15) is 17.9 Å². The lowest BCUT2D eigenvalue weighted by Gasteiger charge is -2.31. The fourth-order valence-corrected chi connectivity index (χ4v) is 5.83. The van der Waals surface area contributed by atoms with E-state index in [1.807, 2.05) is 13.8 Å². The molecule has 0 heterocycles. The van der Waals surface area contributed by atoms with Crippen molar-refractivity contribution in [1.29, 1.82) is 0 Å². The summed E-state index contributed by atoms with van der Waals surface area (Å²) in [5.41, 5.74) is -0.314. The molecular weight excluding hydrogens is 616 g/mol. The Morgan fingerprint density at radius 2 is 1.63 bits per heavy atom. The molecule has 2 aromatic rings. The van der Waals surface area contributed by atoms with Crippen molar-refractivity contribution in [3.05, 3.63) is 65.7 Å². The van der Waals surface area contributed by atoms with E-state index in [2.05, 4.69) is 15.4 Å². The van der Waals surface area contributed by atoms with Crippen LogP contribution in [0.4, 0.5) is 4.79 Å². The first-order chi connectivity index (χ1) is 21.5. The van der Waals surface area contributed by atoms with Gasteiger partial charge in [0.25, 0.3) is 10.2 Å². The highest BCUT2D eigenvalue weighted by atomic mass is 32.2. The van der Waals surface area contributed by atoms with E-state index in [0.29, 0.717) is 17.7 Å². The van der Waals surface area contributed by atoms with Crippen molar-refractivity contribution >= 4 is 28.2 Å². The van der Waals surface area contributed by atoms with Gasteiger partial charge in [0.05, 0.1) is 25.2 Å². The number of alkyl carbamates (subject to hydrolysis) is 1. The molecule has 3 atom stereocenters. The van der Waals surface area contributed by atoms with Crippen molar-refractivity contribution in [2.45, 2.75) is 71.8 Å². The molecule has 5 N–H and O–H groups in total. The number of nitrogens with one attached hydrogen (secondary N) is 3. The van der Waals surface area contributed by atoms with Gasteiger partial charge in [0, 0.05) is 19.6 Å². The van der Waals surface area contributed by atoms with Gasteiger partial charge in [-0.3, -0.25) is 9.59 Å². The van der Waals surface area contributed by atoms with E-state index in [-0.39, 0.29) is 38.6 Å². The number of hydrogen-bond acceptors (Lipinski definition) is 8. The van der Waals surface area contributed by atoms with Crippen LogP contribution in [0.25, 0.3) is 0 Å². The van der Waals surface area contributed by atoms with Crippen LogP contribution in [0.2, 0.25) is 0 Å². The predicted molar refractivity (Wildman–Crippen MR) is 173 cm³/mol. The number of hydrogen-bond donors (Lipinski definition) is 5. The van der Waals surface area contributed by atoms with Gasteiger partial charge in [0.2, 0.25) is 5.91 Å². The summed E-state index contributed by atoms with van der Waals surface area (Å²) < 4.78 is 40.0. The van der Waals surface area contributed by atoms with E-state index in [9.17, 15) is 33.0 Å². The third-order valence-corrected chi connectivity index (χ3v) is 8.96. The standard InChI is InChI=1S/C32H48N4O9S/c1-22(2)16-17-36(46(42,43)35-32(4,5)30(39)40)20-26(37)18-28(25-10-8-7-9-11-25)34-29(38)23(3)19-33-31(41)45-21-24-12-14-27(44-6)15-13-24/h7-15,22-23,26,28,35,37H,16-21H2,1-6H3,(H,33,41)(H,34,38)(H,39,40). The minimum absolute atomic E-state index is 0.0103. The van der Waals surface area contributed by atoms with Gasteiger partial charge >= 0.3 is 12.1 Å². The Morgan fingerprint density at radius 3 is 2.20 bits per heavy atom. The second-order valence-electron chi connectivity index (χ2n) is 12.1. The van der Waals surface area contributed by atoms with E-state index < -0.39 is 51.8 Å². The van der Waals surface area contributed by atoms with E-state index >= 15 is 0 Å². The van der Waals surface area contributed by atoms with Crippen LogP contribution >= 0.6 is 0 Å². The number of methoxy groups -OCH3 is 1. The van der Waals surface area contributed by atoms with Gasteiger partial charge in [-0.05, 0) is 55.9 Å². The number of ether oxygens (including phenoxy) is 2. The number of rotatable bonds is 19. The van der Waals surface area contributed by atoms with Crippen LogP contribution in [0, 0.1) is 11.8 Å². The van der Waals surface area contributed by atoms with Gasteiger partial charge in [0.15, 0.2) is 0 Å². The molecule has 0 spiro atoms. The van der Waals surface area contributed by atoms with E-state index in [4.69, 9.17) is 9.47 Å². The van der Waals surface area contributed by atoms with Crippen molar-refractivity contribution < 1.29 is 42.5 Å². The Hall–Kier alpha value is -3.72. The molecule has 2 aromatic carbocycles. The first-order valence-electron chi connectivity index (χ1n) is 15.1. The smallest absolute Gasteiger partial charge is 0.407 e. The van der Waals surface area contributed by atoms with Crippen LogP contribution in [0.5, 0.6) is 5.75 Å². The number of carboxylic acid groups (broad SMARTS) is 1. The fraction of sp³-hybridized carbons (Fsp3) is 0.531. The molecule has 0 saturated carbocycles. The molecule has 0 aliphatic carbocycles. The van der Waals surface area contributed by atoms with Crippen LogP contribution in [0.3, 0.4) is 0 Å². The number of aliphatic hydroxyl groups excluding tert-OH is 1. The van der Waals surface area contributed by atoms with Gasteiger partial charge in [-0.2, -0.15) is 17.4 Å². The molecule has 0 aliphatic rings. The summed E-state index contributed by atoms with van der Waals surface area (Å²) in [5.74, 6) is -1.58. The second kappa shape index (κ2) is 17.8. The maximum absolute atomic E-state index is 13.2. The Bertz CT molecular complexity index is 1370. The third kappa shape index (κ3) is 12.9. The minimum atomic E-state index is -4.30. The number of aliphatic hydroxyl groups is 1. The quantitative estimate of drug-likeness (QED) is 0.151. The topological polar surface area (TPSA) is 184 Å². The fourth-order valence-electron chi connectivity index (χ4n) is 4.25. The van der Waals surface area contributed by atoms with Gasteiger partial charge in [-0.1, -0.05) is 63.2 Å². The number of carbonyl (C=O) groups excluding carboxylic acids is 2. The predicted octanol–water partition coefficient (Wildman–Crippen LogP) is 3.21. The molecule has 13 nitrogen and oxygen atoms in total. The molecule has 0 bridgehead atoms. The third-order valence-electron chi connectivity index (χ3n) is 7.18. The lowest BCUT2D eigenvalue weighted by molar-refractivity contribution is -0.142. The van der Waals surface area contributed by atoms with Crippen molar-refractivity contribution in [3.8, 4) is 5.75 Å². The maximum Gasteiger partial charge on any atom is 0.407 e. The number of carbonyl (C=O) groups is 3. The molecule has 2 rings (SSSR count). The summed E-state index contributed by atoms with van der Waals surface area (Å²) >= 11 is 0. The van der Waals surface area contributed by atoms with Crippen molar-refractivity contribution in [2.24, 2.45) is 11.8 Å². The number of amides is 2. The van der Waals surface area contributed by atoms with Gasteiger partial charge in [-0.25, -0.2) is 4.79 Å². The highest BCUT2D eigenvalue weighted by Gasteiger charge is 2.36. The molecule has 2 amide bonds. The SMILES string of the molecule is COc1ccc(COC(=O)NCC(C)C(=O)NC(CC(O)CN(CCC(C)C)S(=O)(=O)NC(C)(C)C(=O)O)c2ccccc2)cc1. The van der Waals surface area contributed by atoms with Gasteiger partial charge < -0.3 is 30.3 Å². The van der Waals surface area contributed by atoms with Crippen LogP contribution in [0.1, 0.15) is 64.6 Å². The molecule has 0 saturated heterocycles. The summed E-state index contributed by atoms with van der Waals surface area (Å²) in [6, 6.07) is 15.3. The second-order valence-corrected chi connectivity index (χ2v) is 13.8. The number of benzene rings is 2. The van der Waals surface area contributed by atoms with E-state index in [0.717, 1.165) is 9.87 Å². The summed E-state index contributed by atoms with van der Waals surface area (Å²) in [6.07, 6.45) is -1.46. The molecule has 0 aliphatic heterocycles. The Labute approximate surface area is 271 Å². The molecule has 0 aromatic heterocycles. The van der Waals surface area contributed by atoms with Crippen molar-refractivity contribution in [2.75, 3.05) is 26.7 Å². The van der Waals surface area contributed by atoms with Gasteiger partial charge in [-0.15, -0.1) is 0 Å². The maximum atomic E-state index is 13.2. The number of carboxylic acids is 1. The van der Waals surface area contributed by atoms with Crippen LogP contribution in [-0.2, 0) is 31.1 Å². The molecule has 0 radical (unpaired) electrons. The first-order valence-corrected chi connectivity index (χ1v) is 16.6. The normalized spacial score (nSPS) is 13.9. The van der Waals surface area contributed by atoms with Crippen LogP contribution in [0.15, 0.2) is 54.6 Å². The molecule has 3 unspecified atom stereocenters. The molecule has 0 fully saturated rings. The van der Waals surface area contributed by atoms with Crippen molar-refractivity contribution in [1.82, 2.24) is 19.7 Å². The molecular formula is C32H48N4O9S. The zero-order chi connectivity index (χ0) is 34.5. The lowest BCUT2D eigenvalue weighted by Crippen LogP contribution is -2.55. The average molecular weight is 665 g/mol. The number of nitrogens with zero attached hydrogens (tertiary/aromatic N) is 1. The highest BCUT2D eigenvalue weighted by Crippen LogP contribution is 2.21. The number of aliphatic carboxylic acids is 1. The zero-order valence-corrected chi connectivity index (χ0v) is 28.2. The largest absolute Gasteiger partial charge is 0.497 e. The van der Waals surface area contributed by atoms with Crippen molar-refractivity contribution in [3.63, 3.8) is 0 Å². The minimum Gasteiger partial charge on any atom is -0.497 e. The molecule has 256 valence electrons. The Morgan fingerprint density at radius 1 is 1.00 bits per heavy atom. The van der Waals surface area contributed by atoms with Crippen LogP contribution in [-0.4, -0.2) is 79.3 Å². The first kappa shape index (κ1) is 38.5. The monoisotopic (exact) mass is 664 g/mol. The Balaban J connectivity index is 2.06. The average Bonchev–Trinajstić information content (AvgIpc) is 3.00. The highest BCUT2D eigenvalue weighted by molar-refractivity contribution is 7.87. The molecule has 46 heavy (non-hydrogen) atoms. The van der Waals surface area contributed by atoms with Crippen LogP contribution < -0.4 is 20.1 Å². The zero-order valence-electron chi connectivity index (χ0n) is 27.4. The summed E-state index contributed by atoms with van der Waals surface area (Å²) in [4.78, 5) is 37.0. The van der Waals surface area contributed by atoms with E-state index in [1.165, 1.54) is 13.8 Å². The lowest BCUT2D eigenvalue weighted by atomic mass is 9.99. The molecule has 14 heteroatoms. The summed E-state index contributed by atoms with van der Waals surface area (Å²) in [7, 11) is -2.74.